The van der Waals surface area contributed by atoms with Gasteiger partial charge < -0.3 is 21.3 Å². The molecule has 0 aromatic rings. The molecular formula is C15H32N2O2. The SMILES string of the molecule is CC(C)CNC[C@H](O)[C@H](O)[C@@H](N)CC1CCCCC1. The van der Waals surface area contributed by atoms with Crippen molar-refractivity contribution in [2.24, 2.45) is 17.6 Å². The van der Waals surface area contributed by atoms with Crippen LogP contribution in [-0.4, -0.2) is 41.6 Å². The summed E-state index contributed by atoms with van der Waals surface area (Å²) in [5, 5.41) is 23.2. The fraction of sp³-hybridized carbons (Fsp3) is 1.00. The topological polar surface area (TPSA) is 78.5 Å². The van der Waals surface area contributed by atoms with E-state index in [4.69, 9.17) is 5.73 Å². The lowest BCUT2D eigenvalue weighted by atomic mass is 9.83. The van der Waals surface area contributed by atoms with E-state index in [0.717, 1.165) is 13.0 Å². The number of rotatable bonds is 8. The lowest BCUT2D eigenvalue weighted by Crippen LogP contribution is -2.48. The first-order valence-corrected chi connectivity index (χ1v) is 7.83. The van der Waals surface area contributed by atoms with Crippen LogP contribution in [0.2, 0.25) is 0 Å². The van der Waals surface area contributed by atoms with Crippen LogP contribution < -0.4 is 11.1 Å². The van der Waals surface area contributed by atoms with E-state index in [1.54, 1.807) is 0 Å². The molecular weight excluding hydrogens is 240 g/mol. The highest BCUT2D eigenvalue weighted by molar-refractivity contribution is 4.83. The normalized spacial score (nSPS) is 22.4. The molecule has 0 bridgehead atoms. The van der Waals surface area contributed by atoms with Gasteiger partial charge in [-0.3, -0.25) is 0 Å². The highest BCUT2D eigenvalue weighted by Crippen LogP contribution is 2.27. The average Bonchev–Trinajstić information content (AvgIpc) is 2.38. The van der Waals surface area contributed by atoms with E-state index in [-0.39, 0.29) is 6.04 Å². The molecule has 0 unspecified atom stereocenters. The smallest absolute Gasteiger partial charge is 0.0962 e. The van der Waals surface area contributed by atoms with Gasteiger partial charge in [0.1, 0.15) is 0 Å². The maximum atomic E-state index is 10.1. The Morgan fingerprint density at radius 2 is 1.74 bits per heavy atom. The number of nitrogens with one attached hydrogen (secondary N) is 1. The third-order valence-electron chi connectivity index (χ3n) is 4.07. The third-order valence-corrected chi connectivity index (χ3v) is 4.07. The summed E-state index contributed by atoms with van der Waals surface area (Å²) in [6.45, 7) is 5.49. The van der Waals surface area contributed by atoms with Gasteiger partial charge in [0.05, 0.1) is 12.2 Å². The molecule has 0 aromatic heterocycles. The largest absolute Gasteiger partial charge is 0.389 e. The molecule has 0 saturated heterocycles. The first kappa shape index (κ1) is 16.9. The van der Waals surface area contributed by atoms with Crippen molar-refractivity contribution in [3.8, 4) is 0 Å². The third kappa shape index (κ3) is 6.70. The number of aliphatic hydroxyl groups excluding tert-OH is 2. The fourth-order valence-corrected chi connectivity index (χ4v) is 2.87. The van der Waals surface area contributed by atoms with Crippen LogP contribution in [0.5, 0.6) is 0 Å². The highest BCUT2D eigenvalue weighted by Gasteiger charge is 2.26. The van der Waals surface area contributed by atoms with Crippen LogP contribution in [0.1, 0.15) is 52.4 Å². The van der Waals surface area contributed by atoms with Gasteiger partial charge in [-0.25, -0.2) is 0 Å². The van der Waals surface area contributed by atoms with E-state index in [1.165, 1.54) is 32.1 Å². The second kappa shape index (κ2) is 8.90. The zero-order valence-corrected chi connectivity index (χ0v) is 12.5. The first-order chi connectivity index (χ1) is 9.00. The van der Waals surface area contributed by atoms with Crippen LogP contribution in [0.4, 0.5) is 0 Å². The van der Waals surface area contributed by atoms with E-state index in [9.17, 15) is 10.2 Å². The van der Waals surface area contributed by atoms with Gasteiger partial charge in [0, 0.05) is 12.6 Å². The first-order valence-electron chi connectivity index (χ1n) is 7.83. The summed E-state index contributed by atoms with van der Waals surface area (Å²) in [6, 6.07) is -0.307. The number of aliphatic hydroxyl groups is 2. The quantitative estimate of drug-likeness (QED) is 0.536. The van der Waals surface area contributed by atoms with Gasteiger partial charge in [-0.05, 0) is 24.8 Å². The number of nitrogens with two attached hydrogens (primary N) is 1. The van der Waals surface area contributed by atoms with Gasteiger partial charge >= 0.3 is 0 Å². The summed E-state index contributed by atoms with van der Waals surface area (Å²) in [5.41, 5.74) is 6.04. The molecule has 1 saturated carbocycles. The second-order valence-electron chi connectivity index (χ2n) is 6.51. The standard InChI is InChI=1S/C15H32N2O2/c1-11(2)9-17-10-14(18)15(19)13(16)8-12-6-4-3-5-7-12/h11-15,17-19H,3-10,16H2,1-2H3/t13-,14-,15+/m0/s1. The number of hydrogen-bond donors (Lipinski definition) is 4. The summed E-state index contributed by atoms with van der Waals surface area (Å²) in [4.78, 5) is 0. The van der Waals surface area contributed by atoms with Crippen LogP contribution in [0, 0.1) is 11.8 Å². The van der Waals surface area contributed by atoms with Crippen molar-refractivity contribution < 1.29 is 10.2 Å². The molecule has 0 aromatic carbocycles. The minimum absolute atomic E-state index is 0.307. The minimum atomic E-state index is -0.818. The molecule has 3 atom stereocenters. The van der Waals surface area contributed by atoms with Gasteiger partial charge in [0.25, 0.3) is 0 Å². The average molecular weight is 272 g/mol. The summed E-state index contributed by atoms with van der Waals surface area (Å²) < 4.78 is 0. The van der Waals surface area contributed by atoms with Crippen LogP contribution in [0.15, 0.2) is 0 Å². The highest BCUT2D eigenvalue weighted by atomic mass is 16.3. The molecule has 1 rings (SSSR count). The van der Waals surface area contributed by atoms with E-state index < -0.39 is 12.2 Å². The summed E-state index contributed by atoms with van der Waals surface area (Å²) >= 11 is 0. The second-order valence-corrected chi connectivity index (χ2v) is 6.51. The van der Waals surface area contributed by atoms with Gasteiger partial charge in [-0.2, -0.15) is 0 Å². The molecule has 5 N–H and O–H groups in total. The summed E-state index contributed by atoms with van der Waals surface area (Å²) in [5.74, 6) is 1.18. The number of hydrogen-bond acceptors (Lipinski definition) is 4. The molecule has 0 radical (unpaired) electrons. The van der Waals surface area contributed by atoms with Crippen LogP contribution in [-0.2, 0) is 0 Å². The Balaban J connectivity index is 2.23. The predicted octanol–water partition coefficient (Wildman–Crippen LogP) is 1.25. The maximum Gasteiger partial charge on any atom is 0.0962 e. The molecule has 1 aliphatic rings. The Hall–Kier alpha value is -0.160. The molecule has 1 fully saturated rings. The van der Waals surface area contributed by atoms with Gasteiger partial charge in [-0.1, -0.05) is 46.0 Å². The van der Waals surface area contributed by atoms with Crippen LogP contribution in [0.3, 0.4) is 0 Å². The van der Waals surface area contributed by atoms with Gasteiger partial charge in [0.2, 0.25) is 0 Å². The molecule has 4 nitrogen and oxygen atoms in total. The van der Waals surface area contributed by atoms with Crippen molar-refractivity contribution in [2.45, 2.75) is 70.6 Å². The molecule has 1 aliphatic carbocycles. The molecule has 4 heteroatoms. The Morgan fingerprint density at radius 3 is 2.32 bits per heavy atom. The molecule has 114 valence electrons. The monoisotopic (exact) mass is 272 g/mol. The van der Waals surface area contributed by atoms with Crippen molar-refractivity contribution in [2.75, 3.05) is 13.1 Å². The van der Waals surface area contributed by atoms with E-state index in [2.05, 4.69) is 19.2 Å². The lowest BCUT2D eigenvalue weighted by Gasteiger charge is -2.29. The molecule has 19 heavy (non-hydrogen) atoms. The van der Waals surface area contributed by atoms with Crippen molar-refractivity contribution in [3.05, 3.63) is 0 Å². The summed E-state index contributed by atoms with van der Waals surface area (Å²) in [7, 11) is 0. The van der Waals surface area contributed by atoms with Gasteiger partial charge in [-0.15, -0.1) is 0 Å². The Bertz CT molecular complexity index is 230. The molecule has 0 amide bonds. The molecule has 0 heterocycles. The Kier molecular flexibility index (Phi) is 7.91. The maximum absolute atomic E-state index is 10.1. The van der Waals surface area contributed by atoms with Crippen molar-refractivity contribution >= 4 is 0 Å². The minimum Gasteiger partial charge on any atom is -0.389 e. The fourth-order valence-electron chi connectivity index (χ4n) is 2.87. The van der Waals surface area contributed by atoms with E-state index in [1.807, 2.05) is 0 Å². The zero-order valence-electron chi connectivity index (χ0n) is 12.5. The van der Waals surface area contributed by atoms with E-state index >= 15 is 0 Å². The molecule has 0 aliphatic heterocycles. The predicted molar refractivity (Wildman–Crippen MR) is 78.9 cm³/mol. The summed E-state index contributed by atoms with van der Waals surface area (Å²) in [6.07, 6.45) is 5.60. The van der Waals surface area contributed by atoms with Crippen molar-refractivity contribution in [3.63, 3.8) is 0 Å². The van der Waals surface area contributed by atoms with E-state index in [0.29, 0.717) is 18.4 Å². The van der Waals surface area contributed by atoms with Crippen molar-refractivity contribution in [1.29, 1.82) is 0 Å². The Morgan fingerprint density at radius 1 is 1.11 bits per heavy atom. The van der Waals surface area contributed by atoms with Crippen LogP contribution >= 0.6 is 0 Å². The Labute approximate surface area is 117 Å². The van der Waals surface area contributed by atoms with Crippen molar-refractivity contribution in [1.82, 2.24) is 5.32 Å². The lowest BCUT2D eigenvalue weighted by molar-refractivity contribution is -0.000834. The van der Waals surface area contributed by atoms with Crippen LogP contribution in [0.25, 0.3) is 0 Å². The van der Waals surface area contributed by atoms with Gasteiger partial charge in [0.15, 0.2) is 0 Å². The molecule has 0 spiro atoms. The zero-order chi connectivity index (χ0) is 14.3.